The molecule has 0 saturated carbocycles. The van der Waals surface area contributed by atoms with Crippen LogP contribution in [0.15, 0.2) is 60.7 Å². The highest BCUT2D eigenvalue weighted by atomic mass is 14.9. The van der Waals surface area contributed by atoms with Crippen LogP contribution in [-0.2, 0) is 19.9 Å². The smallest absolute Gasteiger partial charge is 0.194 e. The topological polar surface area (TPSA) is 3.88 Å². The van der Waals surface area contributed by atoms with Crippen LogP contribution < -0.4 is 4.57 Å². The third kappa shape index (κ3) is 3.86. The average Bonchev–Trinajstić information content (AvgIpc) is 2.68. The van der Waals surface area contributed by atoms with Gasteiger partial charge in [0.2, 0.25) is 11.2 Å². The first-order valence-electron chi connectivity index (χ1n) is 11.3. The van der Waals surface area contributed by atoms with E-state index >= 15 is 0 Å². The van der Waals surface area contributed by atoms with Gasteiger partial charge in [0.1, 0.15) is 7.05 Å². The summed E-state index contributed by atoms with van der Waals surface area (Å²) < 4.78 is 2.41. The van der Waals surface area contributed by atoms with E-state index in [9.17, 15) is 0 Å². The standard InChI is InChI=1S/C29H34N/c1-19(2)15-22-17-24(16-20(3)4)25-13-14-27(30(6)28(25)18-22)29-21(5)11-12-23-9-7-8-10-26(23)29/h7-14,17-20H,15-16H2,1-6H3/q+1. The Morgan fingerprint density at radius 3 is 2.23 bits per heavy atom. The monoisotopic (exact) mass is 396 g/mol. The van der Waals surface area contributed by atoms with Crippen molar-refractivity contribution in [2.24, 2.45) is 18.9 Å². The van der Waals surface area contributed by atoms with Crippen molar-refractivity contribution >= 4 is 21.7 Å². The summed E-state index contributed by atoms with van der Waals surface area (Å²) in [6, 6.07) is 22.8. The molecule has 4 rings (SSSR count). The first-order chi connectivity index (χ1) is 14.3. The molecule has 0 aliphatic rings. The van der Waals surface area contributed by atoms with Gasteiger partial charge in [-0.05, 0) is 65.1 Å². The first kappa shape index (κ1) is 20.6. The highest BCUT2D eigenvalue weighted by molar-refractivity contribution is 5.97. The number of fused-ring (bicyclic) bond motifs is 2. The minimum absolute atomic E-state index is 0.646. The third-order valence-corrected chi connectivity index (χ3v) is 6.10. The van der Waals surface area contributed by atoms with Crippen LogP contribution in [-0.4, -0.2) is 0 Å². The van der Waals surface area contributed by atoms with Gasteiger partial charge >= 0.3 is 0 Å². The Morgan fingerprint density at radius 1 is 0.767 bits per heavy atom. The SMILES string of the molecule is Cc1ccc2ccccc2c1-c1ccc2c(CC(C)C)cc(CC(C)C)cc2[n+]1C. The van der Waals surface area contributed by atoms with Crippen molar-refractivity contribution < 1.29 is 4.57 Å². The second kappa shape index (κ2) is 8.22. The van der Waals surface area contributed by atoms with Gasteiger partial charge in [0.05, 0.1) is 5.56 Å². The molecule has 0 bridgehead atoms. The van der Waals surface area contributed by atoms with Crippen molar-refractivity contribution in [2.45, 2.75) is 47.5 Å². The Kier molecular flexibility index (Phi) is 5.64. The predicted octanol–water partition coefficient (Wildman–Crippen LogP) is 7.19. The number of nitrogens with zero attached hydrogens (tertiary/aromatic N) is 1. The molecule has 0 amide bonds. The van der Waals surface area contributed by atoms with Crippen LogP contribution in [0.5, 0.6) is 0 Å². The number of aromatic nitrogens is 1. The molecule has 4 aromatic rings. The third-order valence-electron chi connectivity index (χ3n) is 6.10. The summed E-state index contributed by atoms with van der Waals surface area (Å²) >= 11 is 0. The molecule has 3 aromatic carbocycles. The maximum atomic E-state index is 2.45. The summed E-state index contributed by atoms with van der Waals surface area (Å²) in [6.45, 7) is 11.5. The summed E-state index contributed by atoms with van der Waals surface area (Å²) in [5, 5.41) is 4.01. The van der Waals surface area contributed by atoms with E-state index in [-0.39, 0.29) is 0 Å². The van der Waals surface area contributed by atoms with E-state index < -0.39 is 0 Å². The molecule has 154 valence electrons. The zero-order chi connectivity index (χ0) is 21.4. The van der Waals surface area contributed by atoms with Crippen LogP contribution in [0.3, 0.4) is 0 Å². The van der Waals surface area contributed by atoms with Crippen molar-refractivity contribution in [2.75, 3.05) is 0 Å². The maximum absolute atomic E-state index is 2.45. The van der Waals surface area contributed by atoms with Gasteiger partial charge < -0.3 is 0 Å². The fourth-order valence-corrected chi connectivity index (χ4v) is 4.80. The molecule has 0 spiro atoms. The van der Waals surface area contributed by atoms with Gasteiger partial charge in [0, 0.05) is 17.5 Å². The van der Waals surface area contributed by atoms with Gasteiger partial charge in [0.25, 0.3) is 0 Å². The molecule has 0 aliphatic heterocycles. The summed E-state index contributed by atoms with van der Waals surface area (Å²) in [7, 11) is 2.23. The number of hydrogen-bond acceptors (Lipinski definition) is 0. The number of pyridine rings is 1. The zero-order valence-electron chi connectivity index (χ0n) is 19.3. The Bertz CT molecular complexity index is 1210. The van der Waals surface area contributed by atoms with E-state index in [2.05, 4.69) is 107 Å². The Labute approximate surface area is 181 Å². The quantitative estimate of drug-likeness (QED) is 0.314. The maximum Gasteiger partial charge on any atom is 0.213 e. The van der Waals surface area contributed by atoms with Crippen LogP contribution in [0.1, 0.15) is 44.4 Å². The normalized spacial score (nSPS) is 11.9. The van der Waals surface area contributed by atoms with E-state index in [4.69, 9.17) is 0 Å². The second-order valence-corrected chi connectivity index (χ2v) is 9.64. The summed E-state index contributed by atoms with van der Waals surface area (Å²) in [6.07, 6.45) is 2.24. The Hall–Kier alpha value is -2.67. The highest BCUT2D eigenvalue weighted by Crippen LogP contribution is 2.32. The zero-order valence-corrected chi connectivity index (χ0v) is 19.3. The number of benzene rings is 3. The first-order valence-corrected chi connectivity index (χ1v) is 11.3. The van der Waals surface area contributed by atoms with Gasteiger partial charge in [-0.25, -0.2) is 0 Å². The number of hydrogen-bond donors (Lipinski definition) is 0. The number of rotatable bonds is 5. The lowest BCUT2D eigenvalue weighted by molar-refractivity contribution is -0.633. The van der Waals surface area contributed by atoms with Crippen molar-refractivity contribution in [1.82, 2.24) is 0 Å². The van der Waals surface area contributed by atoms with Gasteiger partial charge in [-0.1, -0.05) is 70.2 Å². The molecular weight excluding hydrogens is 362 g/mol. The van der Waals surface area contributed by atoms with Gasteiger partial charge in [-0.3, -0.25) is 0 Å². The van der Waals surface area contributed by atoms with E-state index in [1.54, 1.807) is 0 Å². The van der Waals surface area contributed by atoms with Crippen LogP contribution in [0, 0.1) is 18.8 Å². The Morgan fingerprint density at radius 2 is 1.50 bits per heavy atom. The highest BCUT2D eigenvalue weighted by Gasteiger charge is 2.20. The lowest BCUT2D eigenvalue weighted by Gasteiger charge is -2.15. The van der Waals surface area contributed by atoms with Gasteiger partial charge in [-0.2, -0.15) is 4.57 Å². The van der Waals surface area contributed by atoms with Crippen LogP contribution in [0.4, 0.5) is 0 Å². The summed E-state index contributed by atoms with van der Waals surface area (Å²) in [5.74, 6) is 1.30. The van der Waals surface area contributed by atoms with Gasteiger partial charge in [0.15, 0.2) is 0 Å². The summed E-state index contributed by atoms with van der Waals surface area (Å²) in [4.78, 5) is 0. The second-order valence-electron chi connectivity index (χ2n) is 9.64. The van der Waals surface area contributed by atoms with Crippen molar-refractivity contribution in [3.63, 3.8) is 0 Å². The van der Waals surface area contributed by atoms with Crippen molar-refractivity contribution in [3.05, 3.63) is 77.4 Å². The van der Waals surface area contributed by atoms with Crippen molar-refractivity contribution in [3.8, 4) is 11.3 Å². The molecule has 0 saturated heterocycles. The molecule has 0 aliphatic carbocycles. The summed E-state index contributed by atoms with van der Waals surface area (Å²) in [5.41, 5.74) is 8.23. The van der Waals surface area contributed by atoms with E-state index in [0.717, 1.165) is 12.8 Å². The van der Waals surface area contributed by atoms with Crippen LogP contribution in [0.2, 0.25) is 0 Å². The minimum Gasteiger partial charge on any atom is -0.194 e. The lowest BCUT2D eigenvalue weighted by atomic mass is 9.92. The molecule has 0 fully saturated rings. The van der Waals surface area contributed by atoms with Crippen molar-refractivity contribution in [1.29, 1.82) is 0 Å². The average molecular weight is 397 g/mol. The molecule has 1 nitrogen and oxygen atoms in total. The fourth-order valence-electron chi connectivity index (χ4n) is 4.80. The molecule has 0 atom stereocenters. The predicted molar refractivity (Wildman–Crippen MR) is 130 cm³/mol. The molecule has 1 heteroatoms. The van der Waals surface area contributed by atoms with E-state index in [1.807, 2.05) is 0 Å². The molecule has 0 radical (unpaired) electrons. The molecular formula is C29H34N+. The molecule has 30 heavy (non-hydrogen) atoms. The Balaban J connectivity index is 2.00. The van der Waals surface area contributed by atoms with Crippen LogP contribution in [0.25, 0.3) is 32.9 Å². The largest absolute Gasteiger partial charge is 0.213 e. The molecule has 0 N–H and O–H groups in total. The lowest BCUT2D eigenvalue weighted by Crippen LogP contribution is -2.32. The number of aryl methyl sites for hydroxylation is 2. The van der Waals surface area contributed by atoms with E-state index in [0.29, 0.717) is 11.8 Å². The molecule has 1 aromatic heterocycles. The van der Waals surface area contributed by atoms with Gasteiger partial charge in [-0.15, -0.1) is 0 Å². The van der Waals surface area contributed by atoms with E-state index in [1.165, 1.54) is 49.6 Å². The fraction of sp³-hybridized carbons (Fsp3) is 0.345. The molecule has 1 heterocycles. The minimum atomic E-state index is 0.646. The van der Waals surface area contributed by atoms with Crippen LogP contribution >= 0.6 is 0 Å². The molecule has 0 unspecified atom stereocenters.